The van der Waals surface area contributed by atoms with Crippen LogP contribution in [0.5, 0.6) is 0 Å². The topological polar surface area (TPSA) is 54.3 Å². The number of piperidine rings is 1. The molecule has 2 aliphatic heterocycles. The molecule has 0 spiro atoms. The van der Waals surface area contributed by atoms with E-state index in [4.69, 9.17) is 12.2 Å². The minimum absolute atomic E-state index is 0.0504. The normalized spacial score (nSPS) is 20.4. The monoisotopic (exact) mass is 525 g/mol. The molecule has 2 bridgehead atoms. The smallest absolute Gasteiger partial charge is 0.250 e. The Morgan fingerprint density at radius 1 is 1.18 bits per heavy atom. The zero-order valence-corrected chi connectivity index (χ0v) is 18.9. The molecule has 28 heavy (non-hydrogen) atoms. The quantitative estimate of drug-likeness (QED) is 0.491. The van der Waals surface area contributed by atoms with E-state index in [2.05, 4.69) is 38.9 Å². The number of carbonyl (C=O) groups excluding carboxylic acids is 1. The predicted molar refractivity (Wildman–Crippen MR) is 126 cm³/mol. The van der Waals surface area contributed by atoms with Crippen molar-refractivity contribution < 1.29 is 4.79 Å². The first-order valence-electron chi connectivity index (χ1n) is 9.17. The minimum Gasteiger partial charge on any atom is -0.356 e. The van der Waals surface area contributed by atoms with Crippen molar-refractivity contribution in [2.45, 2.75) is 18.9 Å². The molecular weight excluding hydrogens is 505 g/mol. The zero-order valence-electron chi connectivity index (χ0n) is 15.1. The SMILES string of the molecule is O=C(CSC(=S)N1C[C@H]2C[C@@H](C1)c1cccc(=O)n1C2)Nc1ccccc1I. The standard InChI is InChI=1S/C20H20IN3O2S2/c21-15-4-1-2-5-16(15)22-18(25)12-28-20(27)23-9-13-8-14(11-23)17-6-3-7-19(26)24(17)10-13/h1-7,13-14H,8-12H2,(H,22,25)/t13-,14+/m1/s1. The molecule has 0 unspecified atom stereocenters. The summed E-state index contributed by atoms with van der Waals surface area (Å²) in [7, 11) is 0. The largest absolute Gasteiger partial charge is 0.356 e. The second-order valence-corrected chi connectivity index (χ2v) is 9.96. The fraction of sp³-hybridized carbons (Fsp3) is 0.350. The molecule has 1 aromatic heterocycles. The lowest BCUT2D eigenvalue weighted by Gasteiger charge is -2.43. The van der Waals surface area contributed by atoms with E-state index < -0.39 is 0 Å². The summed E-state index contributed by atoms with van der Waals surface area (Å²) < 4.78 is 3.69. The number of hydrogen-bond acceptors (Lipinski definition) is 4. The van der Waals surface area contributed by atoms with Crippen LogP contribution in [-0.4, -0.2) is 38.5 Å². The summed E-state index contributed by atoms with van der Waals surface area (Å²) in [6, 6.07) is 13.2. The molecule has 2 aliphatic rings. The number of thioether (sulfide) groups is 1. The van der Waals surface area contributed by atoms with Crippen molar-refractivity contribution in [1.29, 1.82) is 0 Å². The number of hydrogen-bond donors (Lipinski definition) is 1. The minimum atomic E-state index is -0.0504. The van der Waals surface area contributed by atoms with E-state index in [1.807, 2.05) is 34.9 Å². The van der Waals surface area contributed by atoms with Crippen LogP contribution in [0.2, 0.25) is 0 Å². The number of fused-ring (bicyclic) bond motifs is 4. The highest BCUT2D eigenvalue weighted by Gasteiger charge is 2.35. The highest BCUT2D eigenvalue weighted by Crippen LogP contribution is 2.36. The summed E-state index contributed by atoms with van der Waals surface area (Å²) in [6.45, 7) is 2.41. The van der Waals surface area contributed by atoms with Gasteiger partial charge in [0.1, 0.15) is 4.32 Å². The number of nitrogens with one attached hydrogen (secondary N) is 1. The van der Waals surface area contributed by atoms with Crippen molar-refractivity contribution in [2.24, 2.45) is 5.92 Å². The molecule has 3 heterocycles. The van der Waals surface area contributed by atoms with Gasteiger partial charge in [-0.05, 0) is 53.1 Å². The molecule has 1 fully saturated rings. The number of likely N-dealkylation sites (tertiary alicyclic amines) is 1. The van der Waals surface area contributed by atoms with Crippen molar-refractivity contribution in [1.82, 2.24) is 9.47 Å². The Labute approximate surface area is 187 Å². The van der Waals surface area contributed by atoms with Gasteiger partial charge in [0.25, 0.3) is 5.56 Å². The zero-order chi connectivity index (χ0) is 19.7. The second-order valence-electron chi connectivity index (χ2n) is 7.19. The maximum Gasteiger partial charge on any atom is 0.250 e. The molecule has 5 nitrogen and oxygen atoms in total. The average molecular weight is 525 g/mol. The fourth-order valence-corrected chi connectivity index (χ4v) is 5.52. The van der Waals surface area contributed by atoms with E-state index in [-0.39, 0.29) is 11.5 Å². The Morgan fingerprint density at radius 2 is 2.00 bits per heavy atom. The van der Waals surface area contributed by atoms with Gasteiger partial charge in [0, 0.05) is 40.9 Å². The fourth-order valence-electron chi connectivity index (χ4n) is 4.01. The molecule has 2 atom stereocenters. The Balaban J connectivity index is 1.36. The number of aromatic nitrogens is 1. The number of amides is 1. The molecule has 4 rings (SSSR count). The summed E-state index contributed by atoms with van der Waals surface area (Å²) in [4.78, 5) is 26.6. The Kier molecular flexibility index (Phi) is 6.07. The number of benzene rings is 1. The van der Waals surface area contributed by atoms with Crippen LogP contribution in [-0.2, 0) is 11.3 Å². The molecule has 0 radical (unpaired) electrons. The molecule has 1 N–H and O–H groups in total. The average Bonchev–Trinajstić information content (AvgIpc) is 2.68. The summed E-state index contributed by atoms with van der Waals surface area (Å²) in [5.74, 6) is 0.987. The first kappa shape index (κ1) is 19.9. The number of pyridine rings is 1. The molecular formula is C20H20IN3O2S2. The number of rotatable bonds is 3. The number of thiocarbonyl (C=S) groups is 1. The van der Waals surface area contributed by atoms with Crippen LogP contribution in [0.1, 0.15) is 18.0 Å². The summed E-state index contributed by atoms with van der Waals surface area (Å²) >= 11 is 9.25. The van der Waals surface area contributed by atoms with E-state index >= 15 is 0 Å². The molecule has 2 aromatic rings. The van der Waals surface area contributed by atoms with Gasteiger partial charge in [-0.3, -0.25) is 9.59 Å². The summed E-state index contributed by atoms with van der Waals surface area (Å²) in [5.41, 5.74) is 2.02. The van der Waals surface area contributed by atoms with E-state index in [0.717, 1.165) is 45.3 Å². The van der Waals surface area contributed by atoms with Gasteiger partial charge in [0.05, 0.1) is 11.4 Å². The van der Waals surface area contributed by atoms with Crippen LogP contribution < -0.4 is 10.9 Å². The molecule has 1 saturated heterocycles. The highest BCUT2D eigenvalue weighted by molar-refractivity contribution is 14.1. The Hall–Kier alpha value is -1.39. The molecule has 1 aromatic carbocycles. The first-order chi connectivity index (χ1) is 13.5. The number of halogens is 1. The van der Waals surface area contributed by atoms with Crippen LogP contribution in [0.3, 0.4) is 0 Å². The predicted octanol–water partition coefficient (Wildman–Crippen LogP) is 3.53. The maximum absolute atomic E-state index is 12.3. The summed E-state index contributed by atoms with van der Waals surface area (Å²) in [6.07, 6.45) is 1.10. The van der Waals surface area contributed by atoms with Gasteiger partial charge in [0.15, 0.2) is 0 Å². The van der Waals surface area contributed by atoms with Crippen molar-refractivity contribution in [3.63, 3.8) is 0 Å². The van der Waals surface area contributed by atoms with Gasteiger partial charge in [-0.2, -0.15) is 0 Å². The van der Waals surface area contributed by atoms with Crippen molar-refractivity contribution in [3.8, 4) is 0 Å². The molecule has 0 saturated carbocycles. The first-order valence-corrected chi connectivity index (χ1v) is 11.6. The highest BCUT2D eigenvalue weighted by atomic mass is 127. The third-order valence-electron chi connectivity index (χ3n) is 5.21. The van der Waals surface area contributed by atoms with Crippen molar-refractivity contribution in [2.75, 3.05) is 24.2 Å². The van der Waals surface area contributed by atoms with Gasteiger partial charge in [-0.15, -0.1) is 0 Å². The van der Waals surface area contributed by atoms with Crippen molar-refractivity contribution in [3.05, 3.63) is 62.1 Å². The number of carbonyl (C=O) groups is 1. The number of anilines is 1. The van der Waals surface area contributed by atoms with Crippen LogP contribution in [0, 0.1) is 9.49 Å². The van der Waals surface area contributed by atoms with Crippen LogP contribution in [0.4, 0.5) is 5.69 Å². The second kappa shape index (κ2) is 8.54. The van der Waals surface area contributed by atoms with Gasteiger partial charge in [-0.1, -0.05) is 42.2 Å². The molecule has 146 valence electrons. The van der Waals surface area contributed by atoms with Gasteiger partial charge in [-0.25, -0.2) is 0 Å². The van der Waals surface area contributed by atoms with Crippen LogP contribution >= 0.6 is 46.6 Å². The lowest BCUT2D eigenvalue weighted by atomic mass is 9.83. The summed E-state index contributed by atoms with van der Waals surface area (Å²) in [5, 5.41) is 2.94. The molecule has 0 aliphatic carbocycles. The molecule has 8 heteroatoms. The van der Waals surface area contributed by atoms with Gasteiger partial charge >= 0.3 is 0 Å². The van der Waals surface area contributed by atoms with Crippen molar-refractivity contribution >= 4 is 62.5 Å². The molecule has 1 amide bonds. The maximum atomic E-state index is 12.3. The van der Waals surface area contributed by atoms with Crippen LogP contribution in [0.15, 0.2) is 47.3 Å². The van der Waals surface area contributed by atoms with Gasteiger partial charge < -0.3 is 14.8 Å². The number of nitrogens with zero attached hydrogens (tertiary/aromatic N) is 2. The van der Waals surface area contributed by atoms with E-state index in [9.17, 15) is 9.59 Å². The lowest BCUT2D eigenvalue weighted by molar-refractivity contribution is -0.113. The Morgan fingerprint density at radius 3 is 2.82 bits per heavy atom. The van der Waals surface area contributed by atoms with E-state index in [0.29, 0.717) is 17.6 Å². The Bertz CT molecular complexity index is 978. The lowest BCUT2D eigenvalue weighted by Crippen LogP contribution is -2.48. The van der Waals surface area contributed by atoms with E-state index in [1.165, 1.54) is 11.8 Å². The van der Waals surface area contributed by atoms with Crippen LogP contribution in [0.25, 0.3) is 0 Å². The third-order valence-corrected chi connectivity index (χ3v) is 7.68. The third kappa shape index (κ3) is 4.28. The van der Waals surface area contributed by atoms with Gasteiger partial charge in [0.2, 0.25) is 5.91 Å². The van der Waals surface area contributed by atoms with E-state index in [1.54, 1.807) is 6.07 Å². The number of para-hydroxylation sites is 1.